The fourth-order valence-corrected chi connectivity index (χ4v) is 1.88. The molecule has 0 aromatic carbocycles. The van der Waals surface area contributed by atoms with Gasteiger partial charge in [0.15, 0.2) is 0 Å². The summed E-state index contributed by atoms with van der Waals surface area (Å²) in [6, 6.07) is 0. The third-order valence-corrected chi connectivity index (χ3v) is 3.07. The number of carbonyl (C=O) groups excluding carboxylic acids is 1. The highest BCUT2D eigenvalue weighted by Gasteiger charge is 1.94. The van der Waals surface area contributed by atoms with E-state index in [1.54, 1.807) is 6.08 Å². The number of carbonyl (C=O) groups is 1. The summed E-state index contributed by atoms with van der Waals surface area (Å²) >= 11 is 0. The minimum atomic E-state index is 0.0695. The highest BCUT2D eigenvalue weighted by atomic mass is 16.1. The molecular formula is C16H31NO. The number of amides is 1. The Kier molecular flexibility index (Phi) is 13.6. The van der Waals surface area contributed by atoms with Gasteiger partial charge in [-0.1, -0.05) is 64.9 Å². The molecule has 0 saturated heterocycles. The third-order valence-electron chi connectivity index (χ3n) is 3.07. The third kappa shape index (κ3) is 13.3. The summed E-state index contributed by atoms with van der Waals surface area (Å²) < 4.78 is 0. The normalized spacial score (nSPS) is 11.0. The van der Waals surface area contributed by atoms with E-state index in [2.05, 4.69) is 19.2 Å². The predicted octanol–water partition coefficient (Wildman–Crippen LogP) is 4.60. The van der Waals surface area contributed by atoms with Gasteiger partial charge in [0.2, 0.25) is 5.91 Å². The smallest absolute Gasteiger partial charge is 0.243 e. The van der Waals surface area contributed by atoms with E-state index in [-0.39, 0.29) is 5.91 Å². The number of hydrogen-bond acceptors (Lipinski definition) is 1. The first kappa shape index (κ1) is 17.2. The van der Waals surface area contributed by atoms with Gasteiger partial charge in [0.25, 0.3) is 0 Å². The molecule has 0 rings (SSSR count). The van der Waals surface area contributed by atoms with Crippen molar-refractivity contribution in [3.05, 3.63) is 12.2 Å². The van der Waals surface area contributed by atoms with Gasteiger partial charge in [-0.2, -0.15) is 0 Å². The zero-order valence-corrected chi connectivity index (χ0v) is 12.3. The van der Waals surface area contributed by atoms with Gasteiger partial charge in [-0.3, -0.25) is 4.79 Å². The molecule has 1 amide bonds. The van der Waals surface area contributed by atoms with Crippen LogP contribution in [0.4, 0.5) is 0 Å². The second-order valence-electron chi connectivity index (χ2n) is 4.96. The van der Waals surface area contributed by atoms with Crippen molar-refractivity contribution in [3.63, 3.8) is 0 Å². The second-order valence-corrected chi connectivity index (χ2v) is 4.96. The Morgan fingerprint density at radius 2 is 1.50 bits per heavy atom. The molecule has 0 aromatic rings. The molecule has 0 aromatic heterocycles. The van der Waals surface area contributed by atoms with Crippen LogP contribution in [0, 0.1) is 0 Å². The van der Waals surface area contributed by atoms with E-state index in [0.29, 0.717) is 0 Å². The van der Waals surface area contributed by atoms with Crippen LogP contribution in [0.25, 0.3) is 0 Å². The summed E-state index contributed by atoms with van der Waals surface area (Å²) in [6.45, 7) is 5.24. The van der Waals surface area contributed by atoms with Crippen LogP contribution >= 0.6 is 0 Å². The van der Waals surface area contributed by atoms with Crippen molar-refractivity contribution in [2.75, 3.05) is 6.54 Å². The fraction of sp³-hybridized carbons (Fsp3) is 0.812. The van der Waals surface area contributed by atoms with Crippen molar-refractivity contribution in [3.8, 4) is 0 Å². The van der Waals surface area contributed by atoms with Crippen molar-refractivity contribution in [2.24, 2.45) is 0 Å². The standard InChI is InChI=1S/C16H31NO/c1-3-5-7-9-10-11-12-14-16(18)17-15-13-8-6-4-2/h12,14H,3-11,13,15H2,1-2H3,(H,17,18)/b14-12+. The van der Waals surface area contributed by atoms with E-state index in [9.17, 15) is 4.79 Å². The molecule has 0 saturated carbocycles. The molecular weight excluding hydrogens is 222 g/mol. The monoisotopic (exact) mass is 253 g/mol. The highest BCUT2D eigenvalue weighted by molar-refractivity contribution is 5.87. The molecule has 0 heterocycles. The quantitative estimate of drug-likeness (QED) is 0.400. The van der Waals surface area contributed by atoms with Crippen molar-refractivity contribution < 1.29 is 4.79 Å². The lowest BCUT2D eigenvalue weighted by molar-refractivity contribution is -0.116. The van der Waals surface area contributed by atoms with Gasteiger partial charge in [-0.05, 0) is 25.3 Å². The number of nitrogens with one attached hydrogen (secondary N) is 1. The number of hydrogen-bond donors (Lipinski definition) is 1. The second kappa shape index (κ2) is 14.3. The van der Waals surface area contributed by atoms with E-state index >= 15 is 0 Å². The average Bonchev–Trinajstić information content (AvgIpc) is 2.37. The number of allylic oxidation sites excluding steroid dienone is 1. The lowest BCUT2D eigenvalue weighted by Crippen LogP contribution is -2.21. The molecule has 0 aliphatic heterocycles. The summed E-state index contributed by atoms with van der Waals surface area (Å²) in [5.74, 6) is 0.0695. The van der Waals surface area contributed by atoms with E-state index < -0.39 is 0 Å². The lowest BCUT2D eigenvalue weighted by atomic mass is 10.1. The zero-order valence-electron chi connectivity index (χ0n) is 12.3. The van der Waals surface area contributed by atoms with Gasteiger partial charge in [-0.25, -0.2) is 0 Å². The van der Waals surface area contributed by atoms with Crippen LogP contribution in [0.3, 0.4) is 0 Å². The van der Waals surface area contributed by atoms with Crippen LogP contribution in [0.1, 0.15) is 78.1 Å². The van der Waals surface area contributed by atoms with Crippen LogP contribution in [0.5, 0.6) is 0 Å². The maximum absolute atomic E-state index is 11.4. The number of unbranched alkanes of at least 4 members (excludes halogenated alkanes) is 8. The van der Waals surface area contributed by atoms with Crippen LogP contribution in [0.2, 0.25) is 0 Å². The summed E-state index contributed by atoms with van der Waals surface area (Å²) in [5.41, 5.74) is 0. The topological polar surface area (TPSA) is 29.1 Å². The zero-order chi connectivity index (χ0) is 13.5. The minimum Gasteiger partial charge on any atom is -0.353 e. The molecule has 0 radical (unpaired) electrons. The SMILES string of the molecule is CCCCCCC/C=C/C(=O)NCCCCCC. The first-order chi connectivity index (χ1) is 8.81. The summed E-state index contributed by atoms with van der Waals surface area (Å²) in [5, 5.41) is 2.93. The van der Waals surface area contributed by atoms with Gasteiger partial charge in [0.05, 0.1) is 0 Å². The summed E-state index contributed by atoms with van der Waals surface area (Å²) in [7, 11) is 0. The molecule has 0 atom stereocenters. The van der Waals surface area contributed by atoms with Crippen LogP contribution < -0.4 is 5.32 Å². The first-order valence-corrected chi connectivity index (χ1v) is 7.75. The molecule has 2 nitrogen and oxygen atoms in total. The Bertz CT molecular complexity index is 211. The molecule has 0 unspecified atom stereocenters. The Morgan fingerprint density at radius 3 is 2.17 bits per heavy atom. The van der Waals surface area contributed by atoms with Gasteiger partial charge in [-0.15, -0.1) is 0 Å². The Labute approximate surface area is 113 Å². The average molecular weight is 253 g/mol. The van der Waals surface area contributed by atoms with E-state index in [4.69, 9.17) is 0 Å². The van der Waals surface area contributed by atoms with Crippen molar-refractivity contribution in [2.45, 2.75) is 78.1 Å². The fourth-order valence-electron chi connectivity index (χ4n) is 1.88. The predicted molar refractivity (Wildman–Crippen MR) is 79.7 cm³/mol. The van der Waals surface area contributed by atoms with Gasteiger partial charge in [0, 0.05) is 6.54 Å². The van der Waals surface area contributed by atoms with Crippen molar-refractivity contribution >= 4 is 5.91 Å². The van der Waals surface area contributed by atoms with Crippen LogP contribution in [0.15, 0.2) is 12.2 Å². The lowest BCUT2D eigenvalue weighted by Gasteiger charge is -2.01. The Hall–Kier alpha value is -0.790. The number of rotatable bonds is 12. The summed E-state index contributed by atoms with van der Waals surface area (Å²) in [4.78, 5) is 11.4. The molecule has 0 fully saturated rings. The van der Waals surface area contributed by atoms with Crippen molar-refractivity contribution in [1.82, 2.24) is 5.32 Å². The first-order valence-electron chi connectivity index (χ1n) is 7.75. The molecule has 0 bridgehead atoms. The van der Waals surface area contributed by atoms with Crippen LogP contribution in [-0.2, 0) is 4.79 Å². The molecule has 0 spiro atoms. The maximum Gasteiger partial charge on any atom is 0.243 e. The molecule has 1 N–H and O–H groups in total. The van der Waals surface area contributed by atoms with Gasteiger partial charge >= 0.3 is 0 Å². The van der Waals surface area contributed by atoms with Gasteiger partial charge < -0.3 is 5.32 Å². The summed E-state index contributed by atoms with van der Waals surface area (Å²) in [6.07, 6.45) is 16.0. The van der Waals surface area contributed by atoms with Crippen LogP contribution in [-0.4, -0.2) is 12.5 Å². The van der Waals surface area contributed by atoms with E-state index in [1.165, 1.54) is 51.4 Å². The highest BCUT2D eigenvalue weighted by Crippen LogP contribution is 2.05. The molecule has 0 aliphatic carbocycles. The molecule has 2 heteroatoms. The Morgan fingerprint density at radius 1 is 0.889 bits per heavy atom. The largest absolute Gasteiger partial charge is 0.353 e. The van der Waals surface area contributed by atoms with E-state index in [0.717, 1.165) is 19.4 Å². The van der Waals surface area contributed by atoms with Gasteiger partial charge in [0.1, 0.15) is 0 Å². The molecule has 106 valence electrons. The van der Waals surface area contributed by atoms with E-state index in [1.807, 2.05) is 6.08 Å². The minimum absolute atomic E-state index is 0.0695. The molecule has 0 aliphatic rings. The maximum atomic E-state index is 11.4. The Balaban J connectivity index is 3.28. The molecule has 18 heavy (non-hydrogen) atoms. The van der Waals surface area contributed by atoms with Crippen molar-refractivity contribution in [1.29, 1.82) is 0 Å².